The summed E-state index contributed by atoms with van der Waals surface area (Å²) >= 11 is 0. The smallest absolute Gasteiger partial charge is 0.123 e. The third-order valence-corrected chi connectivity index (χ3v) is 2.65. The molecule has 0 amide bonds. The Balaban J connectivity index is 2.42. The van der Waals surface area contributed by atoms with Crippen molar-refractivity contribution in [3.8, 4) is 11.5 Å². The molecule has 0 bridgehead atoms. The maximum absolute atomic E-state index is 9.72. The van der Waals surface area contributed by atoms with Crippen LogP contribution < -0.4 is 10.5 Å². The highest BCUT2D eigenvalue weighted by atomic mass is 16.5. The zero-order chi connectivity index (χ0) is 10.1. The lowest BCUT2D eigenvalue weighted by Crippen LogP contribution is -2.05. The van der Waals surface area contributed by atoms with Gasteiger partial charge in [-0.2, -0.15) is 0 Å². The maximum atomic E-state index is 9.72. The number of fused-ring (bicyclic) bond motifs is 1. The third kappa shape index (κ3) is 1.44. The van der Waals surface area contributed by atoms with Gasteiger partial charge in [0.15, 0.2) is 0 Å². The first-order valence-corrected chi connectivity index (χ1v) is 4.96. The van der Waals surface area contributed by atoms with Crippen LogP contribution in [0.2, 0.25) is 0 Å². The molecule has 1 atom stereocenters. The Morgan fingerprint density at radius 1 is 1.57 bits per heavy atom. The van der Waals surface area contributed by atoms with E-state index in [2.05, 4.69) is 0 Å². The van der Waals surface area contributed by atoms with Crippen LogP contribution in [0.5, 0.6) is 11.5 Å². The molecular formula is C11H15NO2. The van der Waals surface area contributed by atoms with Gasteiger partial charge >= 0.3 is 0 Å². The second-order valence-electron chi connectivity index (χ2n) is 3.59. The molecule has 76 valence electrons. The summed E-state index contributed by atoms with van der Waals surface area (Å²) in [5.41, 5.74) is 7.94. The predicted octanol–water partition coefficient (Wildman–Crippen LogP) is 1.74. The van der Waals surface area contributed by atoms with Gasteiger partial charge in [-0.3, -0.25) is 0 Å². The lowest BCUT2D eigenvalue weighted by Gasteiger charge is -2.10. The van der Waals surface area contributed by atoms with E-state index in [9.17, 15) is 5.11 Å². The van der Waals surface area contributed by atoms with Gasteiger partial charge in [-0.15, -0.1) is 0 Å². The molecule has 0 saturated heterocycles. The molecule has 1 aliphatic rings. The van der Waals surface area contributed by atoms with Crippen molar-refractivity contribution in [2.75, 3.05) is 6.61 Å². The standard InChI is InChI=1S/C11H15NO2/c1-2-14-7-5-9-8(11(13)6-7)3-4-10(9)12/h5-6,10,13H,2-4,12H2,1H3/t10-/m1/s1. The number of phenolic OH excluding ortho intramolecular Hbond substituents is 1. The van der Waals surface area contributed by atoms with Crippen molar-refractivity contribution in [2.45, 2.75) is 25.8 Å². The Kier molecular flexibility index (Phi) is 2.33. The fourth-order valence-electron chi connectivity index (χ4n) is 1.96. The highest BCUT2D eigenvalue weighted by Crippen LogP contribution is 2.38. The molecule has 2 rings (SSSR count). The first-order chi connectivity index (χ1) is 6.72. The summed E-state index contributed by atoms with van der Waals surface area (Å²) in [4.78, 5) is 0. The molecule has 0 heterocycles. The van der Waals surface area contributed by atoms with Crippen molar-refractivity contribution in [1.82, 2.24) is 0 Å². The molecule has 1 aromatic carbocycles. The summed E-state index contributed by atoms with van der Waals surface area (Å²) in [5.74, 6) is 1.03. The van der Waals surface area contributed by atoms with Gasteiger partial charge in [-0.1, -0.05) is 0 Å². The van der Waals surface area contributed by atoms with E-state index in [0.29, 0.717) is 18.1 Å². The number of rotatable bonds is 2. The molecule has 0 unspecified atom stereocenters. The molecule has 1 aliphatic carbocycles. The Bertz CT molecular complexity index is 349. The normalized spacial score (nSPS) is 19.4. The second kappa shape index (κ2) is 3.50. The van der Waals surface area contributed by atoms with Crippen LogP contribution in [-0.2, 0) is 6.42 Å². The second-order valence-corrected chi connectivity index (χ2v) is 3.59. The van der Waals surface area contributed by atoms with E-state index in [1.165, 1.54) is 0 Å². The molecular weight excluding hydrogens is 178 g/mol. The molecule has 3 nitrogen and oxygen atoms in total. The molecule has 0 spiro atoms. The highest BCUT2D eigenvalue weighted by molar-refractivity contribution is 5.49. The van der Waals surface area contributed by atoms with Crippen molar-refractivity contribution < 1.29 is 9.84 Å². The monoisotopic (exact) mass is 193 g/mol. The quantitative estimate of drug-likeness (QED) is 0.752. The van der Waals surface area contributed by atoms with Gasteiger partial charge in [-0.25, -0.2) is 0 Å². The van der Waals surface area contributed by atoms with E-state index in [4.69, 9.17) is 10.5 Å². The molecule has 3 N–H and O–H groups in total. The highest BCUT2D eigenvalue weighted by Gasteiger charge is 2.22. The van der Waals surface area contributed by atoms with Crippen molar-refractivity contribution in [2.24, 2.45) is 5.73 Å². The largest absolute Gasteiger partial charge is 0.508 e. The summed E-state index contributed by atoms with van der Waals surface area (Å²) in [7, 11) is 0. The van der Waals surface area contributed by atoms with E-state index < -0.39 is 0 Å². The van der Waals surface area contributed by atoms with Crippen LogP contribution in [0.25, 0.3) is 0 Å². The average molecular weight is 193 g/mol. The van der Waals surface area contributed by atoms with Crippen LogP contribution >= 0.6 is 0 Å². The van der Waals surface area contributed by atoms with Gasteiger partial charge in [0.2, 0.25) is 0 Å². The summed E-state index contributed by atoms with van der Waals surface area (Å²) < 4.78 is 5.34. The van der Waals surface area contributed by atoms with Crippen molar-refractivity contribution in [1.29, 1.82) is 0 Å². The number of hydrogen-bond donors (Lipinski definition) is 2. The van der Waals surface area contributed by atoms with E-state index in [1.54, 1.807) is 6.07 Å². The lowest BCUT2D eigenvalue weighted by molar-refractivity contribution is 0.337. The lowest BCUT2D eigenvalue weighted by atomic mass is 10.1. The fraction of sp³-hybridized carbons (Fsp3) is 0.455. The number of nitrogens with two attached hydrogens (primary N) is 1. The van der Waals surface area contributed by atoms with Gasteiger partial charge in [-0.05, 0) is 37.0 Å². The van der Waals surface area contributed by atoms with Crippen LogP contribution in [-0.4, -0.2) is 11.7 Å². The van der Waals surface area contributed by atoms with Gasteiger partial charge in [0.05, 0.1) is 6.61 Å². The number of benzene rings is 1. The van der Waals surface area contributed by atoms with Crippen LogP contribution in [0, 0.1) is 0 Å². The molecule has 0 aliphatic heterocycles. The predicted molar refractivity (Wildman–Crippen MR) is 54.5 cm³/mol. The molecule has 1 aromatic rings. The topological polar surface area (TPSA) is 55.5 Å². The molecule has 0 aromatic heterocycles. The molecule has 14 heavy (non-hydrogen) atoms. The Hall–Kier alpha value is -1.22. The van der Waals surface area contributed by atoms with Crippen LogP contribution in [0.15, 0.2) is 12.1 Å². The Labute approximate surface area is 83.5 Å². The molecule has 0 radical (unpaired) electrons. The van der Waals surface area contributed by atoms with Crippen molar-refractivity contribution in [3.63, 3.8) is 0 Å². The summed E-state index contributed by atoms with van der Waals surface area (Å²) in [6.45, 7) is 2.53. The van der Waals surface area contributed by atoms with Crippen LogP contribution in [0.4, 0.5) is 0 Å². The summed E-state index contributed by atoms with van der Waals surface area (Å²) in [5, 5.41) is 9.72. The number of phenols is 1. The number of ether oxygens (including phenoxy) is 1. The Morgan fingerprint density at radius 2 is 2.36 bits per heavy atom. The van der Waals surface area contributed by atoms with E-state index in [1.807, 2.05) is 13.0 Å². The van der Waals surface area contributed by atoms with E-state index >= 15 is 0 Å². The number of aromatic hydroxyl groups is 1. The summed E-state index contributed by atoms with van der Waals surface area (Å²) in [6, 6.07) is 3.66. The zero-order valence-electron chi connectivity index (χ0n) is 8.29. The van der Waals surface area contributed by atoms with E-state index in [-0.39, 0.29) is 6.04 Å². The van der Waals surface area contributed by atoms with Crippen LogP contribution in [0.3, 0.4) is 0 Å². The van der Waals surface area contributed by atoms with Crippen molar-refractivity contribution >= 4 is 0 Å². The minimum absolute atomic E-state index is 0.0521. The fourth-order valence-corrected chi connectivity index (χ4v) is 1.96. The van der Waals surface area contributed by atoms with Crippen molar-refractivity contribution in [3.05, 3.63) is 23.3 Å². The minimum atomic E-state index is 0.0521. The van der Waals surface area contributed by atoms with E-state index in [0.717, 1.165) is 24.0 Å². The Morgan fingerprint density at radius 3 is 3.07 bits per heavy atom. The maximum Gasteiger partial charge on any atom is 0.123 e. The molecule has 3 heteroatoms. The molecule has 0 fully saturated rings. The minimum Gasteiger partial charge on any atom is -0.508 e. The average Bonchev–Trinajstić information content (AvgIpc) is 2.49. The summed E-state index contributed by atoms with van der Waals surface area (Å²) in [6.07, 6.45) is 1.78. The van der Waals surface area contributed by atoms with Gasteiger partial charge < -0.3 is 15.6 Å². The van der Waals surface area contributed by atoms with Gasteiger partial charge in [0, 0.05) is 12.1 Å². The van der Waals surface area contributed by atoms with Gasteiger partial charge in [0.1, 0.15) is 11.5 Å². The number of hydrogen-bond acceptors (Lipinski definition) is 3. The third-order valence-electron chi connectivity index (χ3n) is 2.65. The zero-order valence-corrected chi connectivity index (χ0v) is 8.29. The van der Waals surface area contributed by atoms with Crippen LogP contribution in [0.1, 0.15) is 30.5 Å². The molecule has 0 saturated carbocycles. The van der Waals surface area contributed by atoms with Gasteiger partial charge in [0.25, 0.3) is 0 Å². The SMILES string of the molecule is CCOc1cc(O)c2c(c1)[C@H](N)CC2. The first kappa shape index (κ1) is 9.34. The first-order valence-electron chi connectivity index (χ1n) is 4.96.